The molecule has 0 saturated carbocycles. The van der Waals surface area contributed by atoms with Crippen LogP contribution in [0.2, 0.25) is 0 Å². The van der Waals surface area contributed by atoms with Gasteiger partial charge in [-0.05, 0) is 55.3 Å². The van der Waals surface area contributed by atoms with E-state index in [1.54, 1.807) is 18.3 Å². The van der Waals surface area contributed by atoms with Crippen LogP contribution in [0.3, 0.4) is 0 Å². The van der Waals surface area contributed by atoms with Gasteiger partial charge in [0.25, 0.3) is 0 Å². The quantitative estimate of drug-likeness (QED) is 0.574. The van der Waals surface area contributed by atoms with E-state index >= 15 is 0 Å². The summed E-state index contributed by atoms with van der Waals surface area (Å²) in [7, 11) is 0. The van der Waals surface area contributed by atoms with Gasteiger partial charge in [0.15, 0.2) is 5.11 Å². The second-order valence-corrected chi connectivity index (χ2v) is 8.86. The monoisotopic (exact) mass is 396 g/mol. The Kier molecular flexibility index (Phi) is 6.80. The van der Waals surface area contributed by atoms with Crippen LogP contribution in [-0.2, 0) is 22.4 Å². The van der Waals surface area contributed by atoms with E-state index in [1.165, 1.54) is 11.8 Å². The molecule has 1 amide bonds. The Morgan fingerprint density at radius 3 is 2.62 bits per heavy atom. The number of carbonyl (C=O) groups is 2. The molecule has 7 heteroatoms. The molecule has 2 N–H and O–H groups in total. The Morgan fingerprint density at radius 2 is 2.04 bits per heavy atom. The lowest BCUT2D eigenvalue weighted by Crippen LogP contribution is -2.32. The zero-order valence-electron chi connectivity index (χ0n) is 16.2. The fourth-order valence-electron chi connectivity index (χ4n) is 3.34. The maximum Gasteiger partial charge on any atom is 0.341 e. The molecule has 1 aliphatic rings. The van der Waals surface area contributed by atoms with Gasteiger partial charge in [-0.1, -0.05) is 27.2 Å². The zero-order valence-corrected chi connectivity index (χ0v) is 17.8. The van der Waals surface area contributed by atoms with E-state index in [0.717, 1.165) is 31.2 Å². The summed E-state index contributed by atoms with van der Waals surface area (Å²) in [4.78, 5) is 25.0. The highest BCUT2D eigenvalue weighted by atomic mass is 32.1. The van der Waals surface area contributed by atoms with Crippen LogP contribution in [0.5, 0.6) is 0 Å². The molecule has 0 aromatic carbocycles. The van der Waals surface area contributed by atoms with Crippen LogP contribution in [0.1, 0.15) is 68.3 Å². The first kappa shape index (κ1) is 20.8. The normalized spacial score (nSPS) is 16.6. The van der Waals surface area contributed by atoms with Gasteiger partial charge in [-0.15, -0.1) is 11.3 Å². The summed E-state index contributed by atoms with van der Waals surface area (Å²) in [5, 5.41) is 6.44. The number of hydrogen-bond acceptors (Lipinski definition) is 5. The van der Waals surface area contributed by atoms with E-state index in [0.29, 0.717) is 23.1 Å². The van der Waals surface area contributed by atoms with Gasteiger partial charge < -0.3 is 15.4 Å². The molecule has 2 rings (SSSR count). The van der Waals surface area contributed by atoms with Gasteiger partial charge in [0.2, 0.25) is 5.91 Å². The molecule has 0 radical (unpaired) electrons. The van der Waals surface area contributed by atoms with Crippen molar-refractivity contribution in [1.82, 2.24) is 5.32 Å². The first-order valence-corrected chi connectivity index (χ1v) is 10.3. The van der Waals surface area contributed by atoms with Gasteiger partial charge in [0.1, 0.15) is 5.00 Å². The SMILES string of the molecule is CCOC(=O)c1c(NC(=S)NC(C)=O)sc2c1CC[C@@H](C(C)(C)CC)C2. The van der Waals surface area contributed by atoms with Crippen LogP contribution in [0, 0.1) is 11.3 Å². The number of ether oxygens (including phenoxy) is 1. The number of nitrogens with one attached hydrogen (secondary N) is 2. The Labute approximate surface area is 164 Å². The zero-order chi connectivity index (χ0) is 19.5. The summed E-state index contributed by atoms with van der Waals surface area (Å²) >= 11 is 6.73. The minimum absolute atomic E-state index is 0.201. The van der Waals surface area contributed by atoms with Crippen molar-refractivity contribution in [2.45, 2.75) is 60.3 Å². The molecule has 1 heterocycles. The standard InChI is InChI=1S/C19H28N2O3S2/c1-6-19(4,5)12-8-9-13-14(10-12)26-16(15(13)17(23)24-7-2)21-18(25)20-11(3)22/h12H,6-10H2,1-5H3,(H2,20,21,22,25)/t12-/m1/s1. The summed E-state index contributed by atoms with van der Waals surface area (Å²) in [5.74, 6) is 0.0152. The highest BCUT2D eigenvalue weighted by molar-refractivity contribution is 7.80. The summed E-state index contributed by atoms with van der Waals surface area (Å²) in [6.45, 7) is 10.4. The van der Waals surface area contributed by atoms with Crippen LogP contribution in [0.4, 0.5) is 5.00 Å². The molecule has 0 aliphatic heterocycles. The molecule has 0 unspecified atom stereocenters. The minimum atomic E-state index is -0.327. The number of amides is 1. The van der Waals surface area contributed by atoms with Gasteiger partial charge >= 0.3 is 5.97 Å². The Balaban J connectivity index is 2.35. The fourth-order valence-corrected chi connectivity index (χ4v) is 4.97. The number of rotatable bonds is 5. The maximum atomic E-state index is 12.6. The number of esters is 1. The molecule has 1 aromatic heterocycles. The van der Waals surface area contributed by atoms with Crippen LogP contribution < -0.4 is 10.6 Å². The third kappa shape index (κ3) is 4.62. The van der Waals surface area contributed by atoms with E-state index in [9.17, 15) is 9.59 Å². The topological polar surface area (TPSA) is 67.4 Å². The fraction of sp³-hybridized carbons (Fsp3) is 0.632. The van der Waals surface area contributed by atoms with Crippen LogP contribution >= 0.6 is 23.6 Å². The van der Waals surface area contributed by atoms with Crippen LogP contribution in [0.25, 0.3) is 0 Å². The average Bonchev–Trinajstić information content (AvgIpc) is 2.90. The molecule has 1 aromatic rings. The lowest BCUT2D eigenvalue weighted by Gasteiger charge is -2.36. The van der Waals surface area contributed by atoms with Crippen molar-refractivity contribution in [3.8, 4) is 0 Å². The number of anilines is 1. The predicted molar refractivity (Wildman–Crippen MR) is 110 cm³/mol. The summed E-state index contributed by atoms with van der Waals surface area (Å²) in [6.07, 6.45) is 4.01. The van der Waals surface area contributed by atoms with Gasteiger partial charge in [-0.25, -0.2) is 4.79 Å². The largest absolute Gasteiger partial charge is 0.462 e. The van der Waals surface area contributed by atoms with Crippen molar-refractivity contribution in [1.29, 1.82) is 0 Å². The summed E-state index contributed by atoms with van der Waals surface area (Å²) in [6, 6.07) is 0. The molecule has 0 saturated heterocycles. The van der Waals surface area contributed by atoms with E-state index < -0.39 is 0 Å². The van der Waals surface area contributed by atoms with Gasteiger partial charge in [0.05, 0.1) is 12.2 Å². The van der Waals surface area contributed by atoms with E-state index in [-0.39, 0.29) is 22.4 Å². The molecule has 26 heavy (non-hydrogen) atoms. The summed E-state index contributed by atoms with van der Waals surface area (Å²) < 4.78 is 5.27. The summed E-state index contributed by atoms with van der Waals surface area (Å²) in [5.41, 5.74) is 1.92. The number of fused-ring (bicyclic) bond motifs is 1. The van der Waals surface area contributed by atoms with E-state index in [1.807, 2.05) is 0 Å². The van der Waals surface area contributed by atoms with E-state index in [4.69, 9.17) is 17.0 Å². The number of thiophene rings is 1. The second-order valence-electron chi connectivity index (χ2n) is 7.35. The second kappa shape index (κ2) is 8.48. The van der Waals surface area contributed by atoms with Crippen molar-refractivity contribution in [2.24, 2.45) is 11.3 Å². The molecule has 1 aliphatic carbocycles. The molecule has 5 nitrogen and oxygen atoms in total. The number of carbonyl (C=O) groups excluding carboxylic acids is 2. The van der Waals surface area contributed by atoms with Crippen molar-refractivity contribution in [2.75, 3.05) is 11.9 Å². The molecule has 144 valence electrons. The van der Waals surface area contributed by atoms with Crippen molar-refractivity contribution in [3.63, 3.8) is 0 Å². The molecular formula is C19H28N2O3S2. The maximum absolute atomic E-state index is 12.6. The highest BCUT2D eigenvalue weighted by Crippen LogP contribution is 2.45. The number of hydrogen-bond donors (Lipinski definition) is 2. The average molecular weight is 397 g/mol. The van der Waals surface area contributed by atoms with Gasteiger partial charge in [-0.2, -0.15) is 0 Å². The minimum Gasteiger partial charge on any atom is -0.462 e. The van der Waals surface area contributed by atoms with Gasteiger partial charge in [0, 0.05) is 11.8 Å². The Morgan fingerprint density at radius 1 is 1.35 bits per heavy atom. The Bertz CT molecular complexity index is 710. The molecular weight excluding hydrogens is 368 g/mol. The smallest absolute Gasteiger partial charge is 0.341 e. The third-order valence-corrected chi connectivity index (χ3v) is 6.65. The predicted octanol–water partition coefficient (Wildman–Crippen LogP) is 4.30. The first-order chi connectivity index (χ1) is 12.2. The molecule has 0 spiro atoms. The third-order valence-electron chi connectivity index (χ3n) is 5.28. The lowest BCUT2D eigenvalue weighted by atomic mass is 9.69. The highest BCUT2D eigenvalue weighted by Gasteiger charge is 2.35. The number of thiocarbonyl (C=S) groups is 1. The molecule has 1 atom stereocenters. The Hall–Kier alpha value is -1.47. The van der Waals surface area contributed by atoms with Crippen molar-refractivity contribution >= 4 is 45.5 Å². The van der Waals surface area contributed by atoms with Crippen molar-refractivity contribution < 1.29 is 14.3 Å². The molecule has 0 fully saturated rings. The van der Waals surface area contributed by atoms with E-state index in [2.05, 4.69) is 31.4 Å². The van der Waals surface area contributed by atoms with Crippen LogP contribution in [0.15, 0.2) is 0 Å². The molecule has 0 bridgehead atoms. The first-order valence-electron chi connectivity index (χ1n) is 9.09. The van der Waals surface area contributed by atoms with Gasteiger partial charge in [-0.3, -0.25) is 4.79 Å². The van der Waals surface area contributed by atoms with Crippen molar-refractivity contribution in [3.05, 3.63) is 16.0 Å². The lowest BCUT2D eigenvalue weighted by molar-refractivity contribution is -0.117. The van der Waals surface area contributed by atoms with Crippen LogP contribution in [-0.4, -0.2) is 23.6 Å².